The van der Waals surface area contributed by atoms with E-state index in [1.807, 2.05) is 24.3 Å². The summed E-state index contributed by atoms with van der Waals surface area (Å²) in [6.07, 6.45) is 4.20. The zero-order valence-electron chi connectivity index (χ0n) is 17.2. The molecule has 0 radical (unpaired) electrons. The quantitative estimate of drug-likeness (QED) is 0.325. The van der Waals surface area contributed by atoms with E-state index in [1.54, 1.807) is 0 Å². The van der Waals surface area contributed by atoms with Crippen molar-refractivity contribution in [3.63, 3.8) is 0 Å². The molecule has 0 amide bonds. The van der Waals surface area contributed by atoms with E-state index < -0.39 is 0 Å². The Bertz CT molecular complexity index is 1170. The highest BCUT2D eigenvalue weighted by molar-refractivity contribution is 6.30. The van der Waals surface area contributed by atoms with Gasteiger partial charge in [0.25, 0.3) is 0 Å². The van der Waals surface area contributed by atoms with Crippen molar-refractivity contribution in [2.75, 3.05) is 5.32 Å². The molecule has 0 fully saturated rings. The van der Waals surface area contributed by atoms with Gasteiger partial charge in [0.2, 0.25) is 0 Å². The van der Waals surface area contributed by atoms with Crippen molar-refractivity contribution in [2.24, 2.45) is 0 Å². The highest BCUT2D eigenvalue weighted by Gasteiger charge is 2.08. The Labute approximate surface area is 183 Å². The van der Waals surface area contributed by atoms with Crippen molar-refractivity contribution < 1.29 is 0 Å². The fourth-order valence-corrected chi connectivity index (χ4v) is 3.58. The minimum absolute atomic E-state index is 0.753. The fraction of sp³-hybridized carbons (Fsp3) is 0.0714. The molecular formula is C28H24ClN. The van der Waals surface area contributed by atoms with Crippen LogP contribution in [-0.2, 0) is 0 Å². The molecule has 4 aromatic carbocycles. The summed E-state index contributed by atoms with van der Waals surface area (Å²) in [6, 6.07) is 31.4. The predicted molar refractivity (Wildman–Crippen MR) is 131 cm³/mol. The van der Waals surface area contributed by atoms with Crippen molar-refractivity contribution in [1.29, 1.82) is 0 Å². The maximum absolute atomic E-state index is 5.95. The lowest BCUT2D eigenvalue weighted by Gasteiger charge is -2.15. The summed E-state index contributed by atoms with van der Waals surface area (Å²) >= 11 is 5.95. The van der Waals surface area contributed by atoms with E-state index >= 15 is 0 Å². The van der Waals surface area contributed by atoms with E-state index in [0.29, 0.717) is 0 Å². The minimum Gasteiger partial charge on any atom is -0.355 e. The summed E-state index contributed by atoms with van der Waals surface area (Å²) in [4.78, 5) is 0. The third-order valence-corrected chi connectivity index (χ3v) is 5.39. The summed E-state index contributed by atoms with van der Waals surface area (Å²) in [7, 11) is 0. The molecule has 0 aromatic heterocycles. The molecule has 1 N–H and O–H groups in total. The molecule has 0 aliphatic heterocycles. The number of aryl methyl sites for hydroxylation is 2. The molecule has 4 aromatic rings. The number of nitrogens with one attached hydrogen (secondary N) is 1. The monoisotopic (exact) mass is 409 g/mol. The van der Waals surface area contributed by atoms with E-state index in [-0.39, 0.29) is 0 Å². The van der Waals surface area contributed by atoms with Crippen molar-refractivity contribution in [3.05, 3.63) is 118 Å². The Morgan fingerprint density at radius 1 is 0.667 bits per heavy atom. The molecule has 2 heteroatoms. The fourth-order valence-electron chi connectivity index (χ4n) is 3.45. The van der Waals surface area contributed by atoms with Crippen molar-refractivity contribution in [3.8, 4) is 11.1 Å². The SMILES string of the molecule is Cc1ccc(C)c(-c2ccccc2Nc2ccc(/C=C\c3ccc(Cl)cc3)cc2)c1. The molecule has 0 atom stereocenters. The number of benzene rings is 4. The third kappa shape index (κ3) is 4.82. The Morgan fingerprint density at radius 2 is 1.30 bits per heavy atom. The summed E-state index contributed by atoms with van der Waals surface area (Å²) in [5.74, 6) is 0. The van der Waals surface area contributed by atoms with Gasteiger partial charge in [-0.3, -0.25) is 0 Å². The molecule has 4 rings (SSSR count). The van der Waals surface area contributed by atoms with Gasteiger partial charge >= 0.3 is 0 Å². The second-order valence-corrected chi connectivity index (χ2v) is 7.93. The topological polar surface area (TPSA) is 12.0 Å². The van der Waals surface area contributed by atoms with Crippen molar-refractivity contribution in [2.45, 2.75) is 13.8 Å². The molecule has 0 unspecified atom stereocenters. The van der Waals surface area contributed by atoms with E-state index in [1.165, 1.54) is 22.3 Å². The first-order valence-electron chi connectivity index (χ1n) is 10.1. The summed E-state index contributed by atoms with van der Waals surface area (Å²) in [6.45, 7) is 4.29. The van der Waals surface area contributed by atoms with Crippen LogP contribution in [0.5, 0.6) is 0 Å². The van der Waals surface area contributed by atoms with Gasteiger partial charge in [-0.15, -0.1) is 0 Å². The molecule has 0 spiro atoms. The molecule has 0 bridgehead atoms. The van der Waals surface area contributed by atoms with Crippen LogP contribution in [-0.4, -0.2) is 0 Å². The second-order valence-electron chi connectivity index (χ2n) is 7.50. The van der Waals surface area contributed by atoms with Gasteiger partial charge in [0.15, 0.2) is 0 Å². The smallest absolute Gasteiger partial charge is 0.0464 e. The molecule has 30 heavy (non-hydrogen) atoms. The molecule has 1 nitrogen and oxygen atoms in total. The first-order chi connectivity index (χ1) is 14.6. The van der Waals surface area contributed by atoms with Crippen molar-refractivity contribution in [1.82, 2.24) is 0 Å². The molecule has 0 aliphatic rings. The molecule has 0 saturated carbocycles. The van der Waals surface area contributed by atoms with Crippen molar-refractivity contribution >= 4 is 35.1 Å². The van der Waals surface area contributed by atoms with E-state index in [9.17, 15) is 0 Å². The van der Waals surface area contributed by atoms with E-state index in [4.69, 9.17) is 11.6 Å². The van der Waals surface area contributed by atoms with E-state index in [0.717, 1.165) is 27.5 Å². The molecule has 148 valence electrons. The van der Waals surface area contributed by atoms with Crippen LogP contribution in [0.25, 0.3) is 23.3 Å². The van der Waals surface area contributed by atoms with Gasteiger partial charge in [-0.05, 0) is 66.4 Å². The van der Waals surface area contributed by atoms with Crippen LogP contribution in [0.4, 0.5) is 11.4 Å². The average Bonchev–Trinajstić information content (AvgIpc) is 2.76. The number of hydrogen-bond acceptors (Lipinski definition) is 1. The van der Waals surface area contributed by atoms with Crippen LogP contribution in [0.2, 0.25) is 5.02 Å². The van der Waals surface area contributed by atoms with Crippen LogP contribution >= 0.6 is 11.6 Å². The average molecular weight is 410 g/mol. The third-order valence-electron chi connectivity index (χ3n) is 5.14. The van der Waals surface area contributed by atoms with Gasteiger partial charge in [-0.1, -0.05) is 90.0 Å². The normalized spacial score (nSPS) is 11.0. The lowest BCUT2D eigenvalue weighted by Crippen LogP contribution is -1.94. The predicted octanol–water partition coefficient (Wildman–Crippen LogP) is 8.54. The number of anilines is 2. The van der Waals surface area contributed by atoms with E-state index in [2.05, 4.69) is 98.0 Å². The highest BCUT2D eigenvalue weighted by atomic mass is 35.5. The highest BCUT2D eigenvalue weighted by Crippen LogP contribution is 2.33. The first-order valence-corrected chi connectivity index (χ1v) is 10.4. The van der Waals surface area contributed by atoms with Gasteiger partial charge in [0, 0.05) is 22.0 Å². The number of rotatable bonds is 5. The Morgan fingerprint density at radius 3 is 2.00 bits per heavy atom. The number of para-hydroxylation sites is 1. The lowest BCUT2D eigenvalue weighted by atomic mass is 9.97. The second kappa shape index (κ2) is 9.02. The summed E-state index contributed by atoms with van der Waals surface area (Å²) in [5, 5.41) is 4.34. The standard InChI is InChI=1S/C28H24ClN/c1-20-7-8-21(2)27(19-20)26-5-3-4-6-28(26)30-25-17-13-23(14-18-25)10-9-22-11-15-24(29)16-12-22/h3-19,30H,1-2H3/b10-9-. The molecule has 0 heterocycles. The molecular weight excluding hydrogens is 386 g/mol. The van der Waals surface area contributed by atoms with Gasteiger partial charge in [-0.2, -0.15) is 0 Å². The van der Waals surface area contributed by atoms with Gasteiger partial charge < -0.3 is 5.32 Å². The first kappa shape index (κ1) is 20.0. The zero-order valence-corrected chi connectivity index (χ0v) is 17.9. The van der Waals surface area contributed by atoms with Crippen LogP contribution in [0.1, 0.15) is 22.3 Å². The maximum atomic E-state index is 5.95. The molecule has 0 aliphatic carbocycles. The van der Waals surface area contributed by atoms with Crippen LogP contribution < -0.4 is 5.32 Å². The van der Waals surface area contributed by atoms with Gasteiger partial charge in [-0.25, -0.2) is 0 Å². The molecule has 0 saturated heterocycles. The lowest BCUT2D eigenvalue weighted by molar-refractivity contribution is 1.39. The van der Waals surface area contributed by atoms with Gasteiger partial charge in [0.1, 0.15) is 0 Å². The van der Waals surface area contributed by atoms with Gasteiger partial charge in [0.05, 0.1) is 0 Å². The number of halogens is 1. The summed E-state index contributed by atoms with van der Waals surface area (Å²) in [5.41, 5.74) is 9.47. The maximum Gasteiger partial charge on any atom is 0.0464 e. The Hall–Kier alpha value is -3.29. The minimum atomic E-state index is 0.753. The van der Waals surface area contributed by atoms with Crippen LogP contribution in [0.3, 0.4) is 0 Å². The number of hydrogen-bond donors (Lipinski definition) is 1. The zero-order chi connectivity index (χ0) is 20.9. The largest absolute Gasteiger partial charge is 0.355 e. The van der Waals surface area contributed by atoms with Crippen LogP contribution in [0.15, 0.2) is 91.0 Å². The Balaban J connectivity index is 1.54. The van der Waals surface area contributed by atoms with Crippen LogP contribution in [0, 0.1) is 13.8 Å². The summed E-state index contributed by atoms with van der Waals surface area (Å²) < 4.78 is 0. The Kier molecular flexibility index (Phi) is 6.02.